The third-order valence-corrected chi connectivity index (χ3v) is 5.09. The van der Waals surface area contributed by atoms with Crippen LogP contribution in [0.2, 0.25) is 0 Å². The van der Waals surface area contributed by atoms with Crippen molar-refractivity contribution < 1.29 is 19.0 Å². The summed E-state index contributed by atoms with van der Waals surface area (Å²) in [5, 5.41) is 12.7. The van der Waals surface area contributed by atoms with E-state index in [-0.39, 0.29) is 5.39 Å². The molecule has 0 amide bonds. The van der Waals surface area contributed by atoms with E-state index in [0.29, 0.717) is 35.7 Å². The summed E-state index contributed by atoms with van der Waals surface area (Å²) in [6, 6.07) is 9.77. The molecule has 1 aliphatic rings. The van der Waals surface area contributed by atoms with Crippen molar-refractivity contribution in [1.82, 2.24) is 9.88 Å². The number of carboxylic acid groups (broad SMARTS) is 1. The van der Waals surface area contributed by atoms with Crippen LogP contribution in [-0.4, -0.2) is 48.9 Å². The normalized spacial score (nSPS) is 14.2. The van der Waals surface area contributed by atoms with E-state index in [1.807, 2.05) is 4.90 Å². The number of rotatable bonds is 4. The molecular formula is C21H20FN3O4. The van der Waals surface area contributed by atoms with Gasteiger partial charge in [0.15, 0.2) is 0 Å². The monoisotopic (exact) mass is 397 g/mol. The number of carbonyl (C=O) groups is 1. The van der Waals surface area contributed by atoms with Gasteiger partial charge in [-0.3, -0.25) is 4.79 Å². The number of anilines is 1. The van der Waals surface area contributed by atoms with Gasteiger partial charge in [0.25, 0.3) is 0 Å². The lowest BCUT2D eigenvalue weighted by molar-refractivity contribution is 0.0695. The number of halogens is 1. The van der Waals surface area contributed by atoms with Crippen molar-refractivity contribution in [3.8, 4) is 11.4 Å². The molecular weight excluding hydrogens is 377 g/mol. The number of hydrogen-bond acceptors (Lipinski definition) is 5. The van der Waals surface area contributed by atoms with Gasteiger partial charge in [-0.15, -0.1) is 0 Å². The number of nitrogens with zero attached hydrogens (tertiary/aromatic N) is 2. The summed E-state index contributed by atoms with van der Waals surface area (Å²) < 4.78 is 21.7. The first kappa shape index (κ1) is 18.9. The Morgan fingerprint density at radius 3 is 2.66 bits per heavy atom. The molecule has 29 heavy (non-hydrogen) atoms. The Labute approximate surface area is 165 Å². The zero-order valence-electron chi connectivity index (χ0n) is 15.8. The maximum absolute atomic E-state index is 14.9. The second-order valence-electron chi connectivity index (χ2n) is 6.81. The first-order valence-electron chi connectivity index (χ1n) is 9.22. The zero-order valence-corrected chi connectivity index (χ0v) is 15.8. The van der Waals surface area contributed by atoms with Crippen LogP contribution in [-0.2, 0) is 0 Å². The molecule has 150 valence electrons. The smallest absolute Gasteiger partial charge is 0.341 e. The second-order valence-corrected chi connectivity index (χ2v) is 6.81. The molecule has 2 aromatic carbocycles. The standard InChI is InChI=1S/C21H20FN3O4/c1-29-14-4-2-3-13(9-14)25-12-16(21(27)28)20(26)15-10-17(22)19(11-18(15)25)24-7-5-23-6-8-24/h2-4,9-12,23H,5-8H2,1H3,(H,27,28). The third kappa shape index (κ3) is 3.42. The molecule has 0 atom stereocenters. The highest BCUT2D eigenvalue weighted by Crippen LogP contribution is 2.28. The van der Waals surface area contributed by atoms with E-state index in [4.69, 9.17) is 4.74 Å². The van der Waals surface area contributed by atoms with Gasteiger partial charge in [0.05, 0.1) is 18.3 Å². The lowest BCUT2D eigenvalue weighted by Gasteiger charge is -2.30. The van der Waals surface area contributed by atoms with Gasteiger partial charge in [-0.05, 0) is 24.3 Å². The lowest BCUT2D eigenvalue weighted by atomic mass is 10.1. The minimum Gasteiger partial charge on any atom is -0.497 e. The summed E-state index contributed by atoms with van der Waals surface area (Å²) in [6.45, 7) is 2.74. The van der Waals surface area contributed by atoms with E-state index in [9.17, 15) is 19.1 Å². The van der Waals surface area contributed by atoms with Gasteiger partial charge in [-0.25, -0.2) is 9.18 Å². The van der Waals surface area contributed by atoms with Crippen LogP contribution in [0.1, 0.15) is 10.4 Å². The highest BCUT2D eigenvalue weighted by molar-refractivity contribution is 5.94. The van der Waals surface area contributed by atoms with Crippen LogP contribution in [0.3, 0.4) is 0 Å². The third-order valence-electron chi connectivity index (χ3n) is 5.09. The first-order chi connectivity index (χ1) is 14.0. The number of nitrogens with one attached hydrogen (secondary N) is 1. The summed E-state index contributed by atoms with van der Waals surface area (Å²) in [5.41, 5.74) is 0.295. The van der Waals surface area contributed by atoms with Crippen LogP contribution in [0.5, 0.6) is 5.75 Å². The minimum atomic E-state index is -1.36. The molecule has 1 saturated heterocycles. The molecule has 3 aromatic rings. The summed E-state index contributed by atoms with van der Waals surface area (Å²) in [7, 11) is 1.53. The van der Waals surface area contributed by atoms with Gasteiger partial charge in [-0.1, -0.05) is 6.07 Å². The molecule has 0 unspecified atom stereocenters. The Morgan fingerprint density at radius 2 is 1.97 bits per heavy atom. The van der Waals surface area contributed by atoms with Crippen LogP contribution < -0.4 is 20.4 Å². The van der Waals surface area contributed by atoms with E-state index < -0.39 is 22.8 Å². The molecule has 0 radical (unpaired) electrons. The molecule has 1 aliphatic heterocycles. The molecule has 4 rings (SSSR count). The van der Waals surface area contributed by atoms with E-state index in [1.54, 1.807) is 34.9 Å². The maximum atomic E-state index is 14.9. The van der Waals surface area contributed by atoms with Gasteiger partial charge in [-0.2, -0.15) is 0 Å². The Kier molecular flexibility index (Phi) is 4.94. The predicted octanol–water partition coefficient (Wildman–Crippen LogP) is 2.25. The van der Waals surface area contributed by atoms with Gasteiger partial charge in [0.1, 0.15) is 17.1 Å². The van der Waals surface area contributed by atoms with Gasteiger partial charge >= 0.3 is 5.97 Å². The highest BCUT2D eigenvalue weighted by Gasteiger charge is 2.21. The maximum Gasteiger partial charge on any atom is 0.341 e. The Hall–Kier alpha value is -3.39. The SMILES string of the molecule is COc1cccc(-n2cc(C(=O)O)c(=O)c3cc(F)c(N4CCNCC4)cc32)c1. The Balaban J connectivity index is 2.02. The van der Waals surface area contributed by atoms with Gasteiger partial charge < -0.3 is 24.6 Å². The zero-order chi connectivity index (χ0) is 20.5. The fraction of sp³-hybridized carbons (Fsp3) is 0.238. The number of pyridine rings is 1. The average molecular weight is 397 g/mol. The number of aromatic carboxylic acids is 1. The summed E-state index contributed by atoms with van der Waals surface area (Å²) in [4.78, 5) is 26.2. The summed E-state index contributed by atoms with van der Waals surface area (Å²) >= 11 is 0. The molecule has 0 saturated carbocycles. The number of fused-ring (bicyclic) bond motifs is 1. The quantitative estimate of drug-likeness (QED) is 0.703. The fourth-order valence-electron chi connectivity index (χ4n) is 3.61. The average Bonchev–Trinajstić information content (AvgIpc) is 2.74. The van der Waals surface area contributed by atoms with Crippen molar-refractivity contribution in [1.29, 1.82) is 0 Å². The number of aromatic nitrogens is 1. The van der Waals surface area contributed by atoms with Crippen LogP contribution in [0, 0.1) is 5.82 Å². The molecule has 1 aromatic heterocycles. The molecule has 8 heteroatoms. The number of benzene rings is 2. The molecule has 2 heterocycles. The van der Waals surface area contributed by atoms with E-state index in [1.165, 1.54) is 13.3 Å². The summed E-state index contributed by atoms with van der Waals surface area (Å²) in [5.74, 6) is -1.33. The number of carboxylic acids is 1. The van der Waals surface area contributed by atoms with E-state index in [0.717, 1.165) is 19.2 Å². The number of piperazine rings is 1. The molecule has 2 N–H and O–H groups in total. The van der Waals surface area contributed by atoms with Crippen molar-refractivity contribution >= 4 is 22.6 Å². The van der Waals surface area contributed by atoms with Crippen molar-refractivity contribution in [3.63, 3.8) is 0 Å². The lowest BCUT2D eigenvalue weighted by Crippen LogP contribution is -2.43. The first-order valence-corrected chi connectivity index (χ1v) is 9.22. The van der Waals surface area contributed by atoms with Crippen LogP contribution >= 0.6 is 0 Å². The highest BCUT2D eigenvalue weighted by atomic mass is 19.1. The Morgan fingerprint density at radius 1 is 1.21 bits per heavy atom. The van der Waals surface area contributed by atoms with Crippen LogP contribution in [0.4, 0.5) is 10.1 Å². The Bertz CT molecular complexity index is 1150. The number of methoxy groups -OCH3 is 1. The number of ether oxygens (including phenoxy) is 1. The van der Waals surface area contributed by atoms with Crippen molar-refractivity contribution in [2.45, 2.75) is 0 Å². The van der Waals surface area contributed by atoms with Gasteiger partial charge in [0.2, 0.25) is 5.43 Å². The van der Waals surface area contributed by atoms with Crippen LogP contribution in [0.15, 0.2) is 47.4 Å². The van der Waals surface area contributed by atoms with Crippen molar-refractivity contribution in [2.24, 2.45) is 0 Å². The molecule has 7 nitrogen and oxygen atoms in total. The molecule has 0 spiro atoms. The largest absolute Gasteiger partial charge is 0.497 e. The second kappa shape index (κ2) is 7.56. The minimum absolute atomic E-state index is 0.0177. The molecule has 0 aliphatic carbocycles. The summed E-state index contributed by atoms with van der Waals surface area (Å²) in [6.07, 6.45) is 1.28. The van der Waals surface area contributed by atoms with Crippen molar-refractivity contribution in [3.05, 3.63) is 64.2 Å². The fourth-order valence-corrected chi connectivity index (χ4v) is 3.61. The predicted molar refractivity (Wildman–Crippen MR) is 108 cm³/mol. The topological polar surface area (TPSA) is 83.8 Å². The molecule has 0 bridgehead atoms. The van der Waals surface area contributed by atoms with Crippen LogP contribution in [0.25, 0.3) is 16.6 Å². The number of hydrogen-bond donors (Lipinski definition) is 2. The van der Waals surface area contributed by atoms with Crippen molar-refractivity contribution in [2.75, 3.05) is 38.2 Å². The van der Waals surface area contributed by atoms with E-state index in [2.05, 4.69) is 5.32 Å². The van der Waals surface area contributed by atoms with E-state index >= 15 is 0 Å². The van der Waals surface area contributed by atoms with Gasteiger partial charge in [0, 0.05) is 49.5 Å². The molecule has 1 fully saturated rings.